The topological polar surface area (TPSA) is 98.5 Å². The second-order valence-electron chi connectivity index (χ2n) is 5.89. The summed E-state index contributed by atoms with van der Waals surface area (Å²) in [7, 11) is 0. The Balaban J connectivity index is 1.64. The lowest BCUT2D eigenvalue weighted by Gasteiger charge is -2.08. The Hall–Kier alpha value is -4.00. The maximum absolute atomic E-state index is 12.3. The molecule has 0 saturated heterocycles. The molecule has 3 aromatic rings. The van der Waals surface area contributed by atoms with Crippen LogP contribution >= 0.6 is 0 Å². The first-order valence-electron chi connectivity index (χ1n) is 8.42. The number of nitro benzene ring substituents is 1. The fraction of sp³-hybridized carbons (Fsp3) is 0.0476. The van der Waals surface area contributed by atoms with Gasteiger partial charge in [0.1, 0.15) is 5.75 Å². The zero-order chi connectivity index (χ0) is 19.9. The van der Waals surface area contributed by atoms with Crippen LogP contribution < -0.4 is 10.1 Å². The maximum atomic E-state index is 12.3. The summed E-state index contributed by atoms with van der Waals surface area (Å²) in [5.41, 5.74) is 1.37. The summed E-state index contributed by atoms with van der Waals surface area (Å²) in [5.74, 6) is -0.760. The number of nitro groups is 1. The molecule has 140 valence electrons. The molecule has 0 bridgehead atoms. The number of hydrogen-bond donors (Lipinski definition) is 1. The summed E-state index contributed by atoms with van der Waals surface area (Å²) in [5, 5.41) is 13.5. The molecule has 0 aromatic heterocycles. The minimum atomic E-state index is -0.670. The third kappa shape index (κ3) is 4.79. The van der Waals surface area contributed by atoms with Gasteiger partial charge >= 0.3 is 5.97 Å². The van der Waals surface area contributed by atoms with Crippen molar-refractivity contribution in [3.05, 3.63) is 106 Å². The van der Waals surface area contributed by atoms with E-state index in [0.717, 1.165) is 5.56 Å². The predicted octanol–water partition coefficient (Wildman–Crippen LogP) is 3.74. The van der Waals surface area contributed by atoms with E-state index in [2.05, 4.69) is 5.32 Å². The van der Waals surface area contributed by atoms with Gasteiger partial charge in [-0.2, -0.15) is 0 Å². The quantitative estimate of drug-likeness (QED) is 0.306. The first-order valence-corrected chi connectivity index (χ1v) is 8.42. The van der Waals surface area contributed by atoms with Gasteiger partial charge in [-0.1, -0.05) is 36.4 Å². The molecule has 0 unspecified atom stereocenters. The van der Waals surface area contributed by atoms with E-state index in [1.807, 2.05) is 30.3 Å². The SMILES string of the molecule is O=C(NCc1ccccc1)c1cccc(OC(=O)c2ccc([N+](=O)[O-])cc2)c1. The van der Waals surface area contributed by atoms with E-state index in [-0.39, 0.29) is 22.9 Å². The van der Waals surface area contributed by atoms with Crippen LogP contribution in [0.25, 0.3) is 0 Å². The Morgan fingerprint density at radius 3 is 2.29 bits per heavy atom. The number of carbonyl (C=O) groups is 2. The zero-order valence-electron chi connectivity index (χ0n) is 14.7. The number of benzene rings is 3. The number of nitrogens with zero attached hydrogens (tertiary/aromatic N) is 1. The Labute approximate surface area is 160 Å². The lowest BCUT2D eigenvalue weighted by atomic mass is 10.2. The summed E-state index contributed by atoms with van der Waals surface area (Å²) in [6.45, 7) is 0.381. The summed E-state index contributed by atoms with van der Waals surface area (Å²) in [4.78, 5) is 34.6. The van der Waals surface area contributed by atoms with E-state index in [1.165, 1.54) is 30.3 Å². The Morgan fingerprint density at radius 1 is 0.893 bits per heavy atom. The van der Waals surface area contributed by atoms with Crippen molar-refractivity contribution in [2.45, 2.75) is 6.54 Å². The van der Waals surface area contributed by atoms with Crippen LogP contribution in [0.5, 0.6) is 5.75 Å². The van der Waals surface area contributed by atoms with Crippen molar-refractivity contribution in [2.24, 2.45) is 0 Å². The van der Waals surface area contributed by atoms with E-state index in [1.54, 1.807) is 18.2 Å². The number of nitrogens with one attached hydrogen (secondary N) is 1. The second-order valence-corrected chi connectivity index (χ2v) is 5.89. The largest absolute Gasteiger partial charge is 0.423 e. The van der Waals surface area contributed by atoms with E-state index < -0.39 is 10.9 Å². The van der Waals surface area contributed by atoms with Crippen molar-refractivity contribution in [1.82, 2.24) is 5.32 Å². The van der Waals surface area contributed by atoms with Crippen LogP contribution in [-0.2, 0) is 6.54 Å². The highest BCUT2D eigenvalue weighted by Gasteiger charge is 2.13. The van der Waals surface area contributed by atoms with Crippen molar-refractivity contribution in [3.8, 4) is 5.75 Å². The van der Waals surface area contributed by atoms with Crippen molar-refractivity contribution >= 4 is 17.6 Å². The van der Waals surface area contributed by atoms with Gasteiger partial charge in [0.2, 0.25) is 0 Å². The maximum Gasteiger partial charge on any atom is 0.343 e. The van der Waals surface area contributed by atoms with Gasteiger partial charge in [0.05, 0.1) is 10.5 Å². The molecule has 3 rings (SSSR count). The van der Waals surface area contributed by atoms with Gasteiger partial charge in [-0.25, -0.2) is 4.79 Å². The minimum Gasteiger partial charge on any atom is -0.423 e. The van der Waals surface area contributed by atoms with Gasteiger partial charge in [0, 0.05) is 24.2 Å². The summed E-state index contributed by atoms with van der Waals surface area (Å²) < 4.78 is 5.27. The summed E-state index contributed by atoms with van der Waals surface area (Å²) in [6, 6.07) is 20.8. The standard InChI is InChI=1S/C21H16N2O5/c24-20(22-14-15-5-2-1-3-6-15)17-7-4-8-19(13-17)28-21(25)16-9-11-18(12-10-16)23(26)27/h1-13H,14H2,(H,22,24). The number of non-ortho nitro benzene ring substituents is 1. The third-order valence-corrected chi connectivity index (χ3v) is 3.92. The third-order valence-electron chi connectivity index (χ3n) is 3.92. The van der Waals surface area contributed by atoms with Crippen LogP contribution in [0, 0.1) is 10.1 Å². The van der Waals surface area contributed by atoms with Gasteiger partial charge in [-0.05, 0) is 35.9 Å². The van der Waals surface area contributed by atoms with E-state index >= 15 is 0 Å². The van der Waals surface area contributed by atoms with Crippen molar-refractivity contribution in [2.75, 3.05) is 0 Å². The predicted molar refractivity (Wildman–Crippen MR) is 102 cm³/mol. The lowest BCUT2D eigenvalue weighted by molar-refractivity contribution is -0.384. The smallest absolute Gasteiger partial charge is 0.343 e. The second kappa shape index (κ2) is 8.59. The first kappa shape index (κ1) is 18.8. The minimum absolute atomic E-state index is 0.117. The molecule has 0 atom stereocenters. The van der Waals surface area contributed by atoms with Crippen LogP contribution in [0.15, 0.2) is 78.9 Å². The highest BCUT2D eigenvalue weighted by molar-refractivity contribution is 5.95. The molecule has 0 aliphatic carbocycles. The van der Waals surface area contributed by atoms with E-state index in [4.69, 9.17) is 4.74 Å². The fourth-order valence-corrected chi connectivity index (χ4v) is 2.47. The highest BCUT2D eigenvalue weighted by atomic mass is 16.6. The molecule has 1 N–H and O–H groups in total. The van der Waals surface area contributed by atoms with Gasteiger partial charge in [-0.3, -0.25) is 14.9 Å². The van der Waals surface area contributed by atoms with Crippen molar-refractivity contribution in [1.29, 1.82) is 0 Å². The van der Waals surface area contributed by atoms with Crippen LogP contribution in [0.1, 0.15) is 26.3 Å². The monoisotopic (exact) mass is 376 g/mol. The summed E-state index contributed by atoms with van der Waals surface area (Å²) >= 11 is 0. The number of carbonyl (C=O) groups excluding carboxylic acids is 2. The molecule has 0 heterocycles. The fourth-order valence-electron chi connectivity index (χ4n) is 2.47. The van der Waals surface area contributed by atoms with Gasteiger partial charge in [0.25, 0.3) is 11.6 Å². The molecule has 0 radical (unpaired) electrons. The number of hydrogen-bond acceptors (Lipinski definition) is 5. The van der Waals surface area contributed by atoms with Crippen molar-refractivity contribution in [3.63, 3.8) is 0 Å². The van der Waals surface area contributed by atoms with Gasteiger partial charge in [-0.15, -0.1) is 0 Å². The number of amides is 1. The number of rotatable bonds is 6. The molecule has 0 aliphatic rings. The van der Waals surface area contributed by atoms with Crippen LogP contribution in [0.4, 0.5) is 5.69 Å². The molecule has 0 fully saturated rings. The summed E-state index contributed by atoms with van der Waals surface area (Å²) in [6.07, 6.45) is 0. The molecular formula is C21H16N2O5. The van der Waals surface area contributed by atoms with E-state index in [0.29, 0.717) is 12.1 Å². The normalized spacial score (nSPS) is 10.1. The molecule has 0 saturated carbocycles. The zero-order valence-corrected chi connectivity index (χ0v) is 14.7. The van der Waals surface area contributed by atoms with Crippen LogP contribution in [0.2, 0.25) is 0 Å². The van der Waals surface area contributed by atoms with Crippen LogP contribution in [-0.4, -0.2) is 16.8 Å². The van der Waals surface area contributed by atoms with Gasteiger partial charge in [0.15, 0.2) is 0 Å². The molecule has 28 heavy (non-hydrogen) atoms. The Bertz CT molecular complexity index is 1000. The lowest BCUT2D eigenvalue weighted by Crippen LogP contribution is -2.22. The highest BCUT2D eigenvalue weighted by Crippen LogP contribution is 2.17. The number of ether oxygens (including phenoxy) is 1. The van der Waals surface area contributed by atoms with Crippen LogP contribution in [0.3, 0.4) is 0 Å². The molecule has 0 spiro atoms. The van der Waals surface area contributed by atoms with Gasteiger partial charge < -0.3 is 10.1 Å². The molecular weight excluding hydrogens is 360 g/mol. The average Bonchev–Trinajstić information content (AvgIpc) is 2.73. The Kier molecular flexibility index (Phi) is 5.76. The first-order chi connectivity index (χ1) is 13.5. The molecule has 1 amide bonds. The molecule has 0 aliphatic heterocycles. The molecule has 7 nitrogen and oxygen atoms in total. The molecule has 7 heteroatoms. The van der Waals surface area contributed by atoms with Crippen molar-refractivity contribution < 1.29 is 19.2 Å². The van der Waals surface area contributed by atoms with E-state index in [9.17, 15) is 19.7 Å². The Morgan fingerprint density at radius 2 is 1.61 bits per heavy atom. The molecule has 3 aromatic carbocycles. The average molecular weight is 376 g/mol. The number of esters is 1.